The highest BCUT2D eigenvalue weighted by Gasteiger charge is 2.43. The van der Waals surface area contributed by atoms with Gasteiger partial charge in [-0.25, -0.2) is 9.18 Å². The highest BCUT2D eigenvalue weighted by molar-refractivity contribution is 6.05. The van der Waals surface area contributed by atoms with Crippen LogP contribution in [0.1, 0.15) is 23.7 Å². The van der Waals surface area contributed by atoms with Gasteiger partial charge < -0.3 is 24.6 Å². The Balaban J connectivity index is 1.35. The van der Waals surface area contributed by atoms with Gasteiger partial charge in [-0.05, 0) is 48.9 Å². The van der Waals surface area contributed by atoms with Crippen LogP contribution in [-0.4, -0.2) is 77.2 Å². The average molecular weight is 554 g/mol. The Morgan fingerprint density at radius 3 is 2.50 bits per heavy atom. The molecule has 2 atom stereocenters. The third-order valence-electron chi connectivity index (χ3n) is 6.40. The van der Waals surface area contributed by atoms with Gasteiger partial charge in [0.05, 0.1) is 6.61 Å². The maximum absolute atomic E-state index is 14.5. The number of aromatic nitrogens is 2. The van der Waals surface area contributed by atoms with Crippen LogP contribution in [0.15, 0.2) is 51.8 Å². The maximum Gasteiger partial charge on any atom is 0.439 e. The van der Waals surface area contributed by atoms with Gasteiger partial charge >= 0.3 is 11.7 Å². The minimum atomic E-state index is -1.67. The summed E-state index contributed by atoms with van der Waals surface area (Å²) < 4.78 is 29.7. The Labute approximate surface area is 225 Å². The van der Waals surface area contributed by atoms with E-state index in [1.807, 2.05) is 0 Å². The highest BCUT2D eigenvalue weighted by atomic mass is 19.1. The first-order valence-corrected chi connectivity index (χ1v) is 12.4. The van der Waals surface area contributed by atoms with Gasteiger partial charge in [-0.2, -0.15) is 0 Å². The number of aromatic amines is 1. The lowest BCUT2D eigenvalue weighted by molar-refractivity contribution is -0.167. The van der Waals surface area contributed by atoms with E-state index in [9.17, 15) is 28.4 Å². The van der Waals surface area contributed by atoms with Gasteiger partial charge in [0.1, 0.15) is 5.82 Å². The molecule has 2 aliphatic rings. The smallest absolute Gasteiger partial charge is 0.439 e. The van der Waals surface area contributed by atoms with Gasteiger partial charge in [0.2, 0.25) is 6.10 Å². The predicted molar refractivity (Wildman–Crippen MR) is 136 cm³/mol. The lowest BCUT2D eigenvalue weighted by Gasteiger charge is -2.35. The summed E-state index contributed by atoms with van der Waals surface area (Å²) in [6, 6.07) is 9.74. The standard InChI is InChI=1S/C26H24FN5O8/c1-14(33)39-20(23(34)28-18-5-3-15(4-6-18)22-29-26(37)40-30-22)21-25(36)32(9-10-38-21)19-12-16(11-17(27)13-19)24(35)31-7-2-8-31/h3-6,11-13,20-21H,2,7-10H2,1H3,(H,28,34)(H,29,30,37). The monoisotopic (exact) mass is 553 g/mol. The van der Waals surface area contributed by atoms with Gasteiger partial charge in [0.15, 0.2) is 11.9 Å². The van der Waals surface area contributed by atoms with E-state index in [4.69, 9.17) is 9.47 Å². The molecule has 0 saturated carbocycles. The summed E-state index contributed by atoms with van der Waals surface area (Å²) in [6.45, 7) is 2.21. The zero-order valence-electron chi connectivity index (χ0n) is 21.2. The molecule has 2 fully saturated rings. The number of H-pyrrole nitrogens is 1. The topological polar surface area (TPSA) is 164 Å². The number of benzene rings is 2. The third-order valence-corrected chi connectivity index (χ3v) is 6.40. The normalized spacial score (nSPS) is 17.6. The molecular weight excluding hydrogens is 529 g/mol. The molecule has 2 aliphatic heterocycles. The number of amides is 3. The van der Waals surface area contributed by atoms with E-state index in [-0.39, 0.29) is 41.8 Å². The molecule has 3 amide bonds. The first-order valence-electron chi connectivity index (χ1n) is 12.4. The van der Waals surface area contributed by atoms with E-state index in [1.54, 1.807) is 17.0 Å². The summed E-state index contributed by atoms with van der Waals surface area (Å²) in [4.78, 5) is 67.5. The number of nitrogens with one attached hydrogen (secondary N) is 2. The van der Waals surface area contributed by atoms with Crippen LogP contribution < -0.4 is 16.0 Å². The number of ether oxygens (including phenoxy) is 2. The number of nitrogens with zero attached hydrogens (tertiary/aromatic N) is 3. The van der Waals surface area contributed by atoms with Gasteiger partial charge in [0.25, 0.3) is 17.7 Å². The van der Waals surface area contributed by atoms with Crippen molar-refractivity contribution in [1.82, 2.24) is 15.0 Å². The largest absolute Gasteiger partial charge is 0.449 e. The van der Waals surface area contributed by atoms with Crippen LogP contribution >= 0.6 is 0 Å². The summed E-state index contributed by atoms with van der Waals surface area (Å²) >= 11 is 0. The first kappa shape index (κ1) is 26.7. The number of hydrogen-bond acceptors (Lipinski definition) is 9. The zero-order chi connectivity index (χ0) is 28.4. The molecular formula is C26H24FN5O8. The second kappa shape index (κ2) is 11.1. The molecule has 0 bridgehead atoms. The quantitative estimate of drug-likeness (QED) is 0.411. The Morgan fingerprint density at radius 1 is 1.12 bits per heavy atom. The van der Waals surface area contributed by atoms with Crippen molar-refractivity contribution in [1.29, 1.82) is 0 Å². The van der Waals surface area contributed by atoms with Crippen molar-refractivity contribution in [3.05, 3.63) is 64.4 Å². The molecule has 2 unspecified atom stereocenters. The van der Waals surface area contributed by atoms with E-state index in [0.29, 0.717) is 18.7 Å². The predicted octanol–water partition coefficient (Wildman–Crippen LogP) is 1.32. The second-order valence-electron chi connectivity index (χ2n) is 9.17. The van der Waals surface area contributed by atoms with Gasteiger partial charge in [-0.15, -0.1) is 0 Å². The number of carbonyl (C=O) groups excluding carboxylic acids is 4. The van der Waals surface area contributed by atoms with Crippen LogP contribution in [0, 0.1) is 5.82 Å². The Morgan fingerprint density at radius 2 is 1.88 bits per heavy atom. The van der Waals surface area contributed by atoms with Crippen LogP contribution in [0.3, 0.4) is 0 Å². The average Bonchev–Trinajstić information content (AvgIpc) is 3.32. The SMILES string of the molecule is CC(=O)OC(C(=O)Nc1ccc(-c2noc(=O)[nH]2)cc1)C1OCCN(c2cc(F)cc(C(=O)N3CCC3)c2)C1=O. The molecule has 3 aromatic rings. The number of halogens is 1. The van der Waals surface area contributed by atoms with E-state index >= 15 is 0 Å². The fraction of sp³-hybridized carbons (Fsp3) is 0.308. The second-order valence-corrected chi connectivity index (χ2v) is 9.17. The molecule has 2 N–H and O–H groups in total. The number of esters is 1. The maximum atomic E-state index is 14.5. The minimum absolute atomic E-state index is 0.0240. The Hall–Kier alpha value is -4.85. The number of morpholine rings is 1. The lowest BCUT2D eigenvalue weighted by atomic mass is 10.1. The van der Waals surface area contributed by atoms with Crippen molar-refractivity contribution in [2.45, 2.75) is 25.6 Å². The third kappa shape index (κ3) is 5.61. The van der Waals surface area contributed by atoms with Crippen molar-refractivity contribution < 1.29 is 37.6 Å². The summed E-state index contributed by atoms with van der Waals surface area (Å²) in [5, 5.41) is 6.15. The van der Waals surface area contributed by atoms with Crippen LogP contribution in [0.2, 0.25) is 0 Å². The van der Waals surface area contributed by atoms with Gasteiger partial charge in [0, 0.05) is 49.1 Å². The summed E-state index contributed by atoms with van der Waals surface area (Å²) in [7, 11) is 0. The molecule has 0 spiro atoms. The molecule has 14 heteroatoms. The lowest BCUT2D eigenvalue weighted by Crippen LogP contribution is -2.56. The minimum Gasteiger partial charge on any atom is -0.449 e. The van der Waals surface area contributed by atoms with Crippen molar-refractivity contribution in [3.8, 4) is 11.4 Å². The Bertz CT molecular complexity index is 1510. The van der Waals surface area contributed by atoms with Crippen molar-refractivity contribution in [2.24, 2.45) is 0 Å². The van der Waals surface area contributed by atoms with Crippen LogP contribution in [-0.2, 0) is 23.9 Å². The van der Waals surface area contributed by atoms with Crippen molar-refractivity contribution >= 4 is 35.1 Å². The van der Waals surface area contributed by atoms with Crippen molar-refractivity contribution in [3.63, 3.8) is 0 Å². The van der Waals surface area contributed by atoms with Gasteiger partial charge in [-0.3, -0.25) is 28.7 Å². The van der Waals surface area contributed by atoms with E-state index in [1.165, 1.54) is 23.1 Å². The number of likely N-dealkylation sites (tertiary alicyclic amines) is 1. The molecule has 40 heavy (non-hydrogen) atoms. The molecule has 2 aromatic carbocycles. The number of hydrogen-bond donors (Lipinski definition) is 2. The summed E-state index contributed by atoms with van der Waals surface area (Å²) in [5.41, 5.74) is 1.00. The molecule has 1 aromatic heterocycles. The highest BCUT2D eigenvalue weighted by Crippen LogP contribution is 2.26. The van der Waals surface area contributed by atoms with E-state index < -0.39 is 41.6 Å². The Kier molecular flexibility index (Phi) is 7.42. The molecule has 0 radical (unpaired) electrons. The first-order chi connectivity index (χ1) is 19.2. The van der Waals surface area contributed by atoms with Crippen LogP contribution in [0.25, 0.3) is 11.4 Å². The molecule has 3 heterocycles. The molecule has 208 valence electrons. The van der Waals surface area contributed by atoms with Gasteiger partial charge in [-0.1, -0.05) is 5.16 Å². The number of carbonyl (C=O) groups is 4. The summed E-state index contributed by atoms with van der Waals surface area (Å²) in [5.74, 6) is -4.00. The van der Waals surface area contributed by atoms with E-state index in [2.05, 4.69) is 20.0 Å². The molecule has 13 nitrogen and oxygen atoms in total. The molecule has 0 aliphatic carbocycles. The number of anilines is 2. The molecule has 5 rings (SSSR count). The van der Waals surface area contributed by atoms with E-state index in [0.717, 1.165) is 25.5 Å². The van der Waals surface area contributed by atoms with Crippen molar-refractivity contribution in [2.75, 3.05) is 36.5 Å². The molecule has 2 saturated heterocycles. The van der Waals surface area contributed by atoms with Crippen LogP contribution in [0.5, 0.6) is 0 Å². The number of rotatable bonds is 7. The zero-order valence-corrected chi connectivity index (χ0v) is 21.2. The fourth-order valence-corrected chi connectivity index (χ4v) is 4.35. The fourth-order valence-electron chi connectivity index (χ4n) is 4.35. The summed E-state index contributed by atoms with van der Waals surface area (Å²) in [6.07, 6.45) is -2.34. The van der Waals surface area contributed by atoms with Crippen LogP contribution in [0.4, 0.5) is 15.8 Å².